The molecule has 17 heavy (non-hydrogen) atoms. The fourth-order valence-corrected chi connectivity index (χ4v) is 1.32. The smallest absolute Gasteiger partial charge is 0.241 e. The molecule has 0 spiro atoms. The zero-order valence-corrected chi connectivity index (χ0v) is 9.86. The number of para-hydroxylation sites is 1. The Morgan fingerprint density at radius 1 is 1.65 bits per heavy atom. The number of hydrogen-bond donors (Lipinski definition) is 2. The van der Waals surface area contributed by atoms with Crippen LogP contribution < -0.4 is 15.8 Å². The number of carbonyl (C=O) groups excluding carboxylic acids is 1. The lowest BCUT2D eigenvalue weighted by Gasteiger charge is -2.14. The average Bonchev–Trinajstić information content (AvgIpc) is 2.37. The molecule has 1 aromatic rings. The Kier molecular flexibility index (Phi) is 4.49. The lowest BCUT2D eigenvalue weighted by Crippen LogP contribution is -2.35. The van der Waals surface area contributed by atoms with Crippen LogP contribution in [0.25, 0.3) is 0 Å². The SMILES string of the molecule is CC[C@H](N)C(=O)Nc1c(C#N)cccc1OC. The van der Waals surface area contributed by atoms with E-state index < -0.39 is 6.04 Å². The highest BCUT2D eigenvalue weighted by Crippen LogP contribution is 2.27. The summed E-state index contributed by atoms with van der Waals surface area (Å²) >= 11 is 0. The first-order valence-electron chi connectivity index (χ1n) is 5.27. The van der Waals surface area contributed by atoms with E-state index in [0.717, 1.165) is 0 Å². The summed E-state index contributed by atoms with van der Waals surface area (Å²) in [5.74, 6) is 0.120. The summed E-state index contributed by atoms with van der Waals surface area (Å²) in [6.45, 7) is 1.82. The number of nitriles is 1. The van der Waals surface area contributed by atoms with E-state index in [4.69, 9.17) is 15.7 Å². The first-order valence-corrected chi connectivity index (χ1v) is 5.27. The van der Waals surface area contributed by atoms with Crippen molar-refractivity contribution in [3.63, 3.8) is 0 Å². The molecule has 0 aromatic heterocycles. The predicted octanol–water partition coefficient (Wildman–Crippen LogP) is 1.24. The molecule has 1 aromatic carbocycles. The summed E-state index contributed by atoms with van der Waals surface area (Å²) in [4.78, 5) is 11.7. The Balaban J connectivity index is 3.04. The first-order chi connectivity index (χ1) is 8.13. The van der Waals surface area contributed by atoms with Gasteiger partial charge < -0.3 is 15.8 Å². The van der Waals surface area contributed by atoms with Crippen molar-refractivity contribution >= 4 is 11.6 Å². The molecule has 0 aliphatic rings. The lowest BCUT2D eigenvalue weighted by atomic mass is 10.1. The first kappa shape index (κ1) is 13.0. The molecular formula is C12H15N3O2. The summed E-state index contributed by atoms with van der Waals surface area (Å²) < 4.78 is 5.10. The van der Waals surface area contributed by atoms with Crippen LogP contribution in [0, 0.1) is 11.3 Å². The molecule has 0 aliphatic carbocycles. The number of rotatable bonds is 4. The van der Waals surface area contributed by atoms with Gasteiger partial charge in [0.2, 0.25) is 5.91 Å². The van der Waals surface area contributed by atoms with Gasteiger partial charge in [0.05, 0.1) is 18.7 Å². The van der Waals surface area contributed by atoms with Crippen LogP contribution in [0.1, 0.15) is 18.9 Å². The van der Waals surface area contributed by atoms with Crippen LogP contribution in [0.2, 0.25) is 0 Å². The fourth-order valence-electron chi connectivity index (χ4n) is 1.32. The van der Waals surface area contributed by atoms with Gasteiger partial charge in [-0.15, -0.1) is 0 Å². The fraction of sp³-hybridized carbons (Fsp3) is 0.333. The van der Waals surface area contributed by atoms with E-state index in [0.29, 0.717) is 23.4 Å². The van der Waals surface area contributed by atoms with Crippen LogP contribution in [0.3, 0.4) is 0 Å². The second kappa shape index (κ2) is 5.87. The minimum absolute atomic E-state index is 0.325. The molecule has 1 rings (SSSR count). The van der Waals surface area contributed by atoms with E-state index in [9.17, 15) is 4.79 Å². The topological polar surface area (TPSA) is 88.1 Å². The van der Waals surface area contributed by atoms with E-state index in [-0.39, 0.29) is 5.91 Å². The standard InChI is InChI=1S/C12H15N3O2/c1-3-9(14)12(16)15-11-8(7-13)5-4-6-10(11)17-2/h4-6,9H,3,14H2,1-2H3,(H,15,16)/t9-/m0/s1. The minimum atomic E-state index is -0.591. The number of nitrogens with zero attached hydrogens (tertiary/aromatic N) is 1. The second-order valence-electron chi connectivity index (χ2n) is 3.50. The second-order valence-corrected chi connectivity index (χ2v) is 3.50. The zero-order valence-electron chi connectivity index (χ0n) is 9.86. The number of methoxy groups -OCH3 is 1. The van der Waals surface area contributed by atoms with Crippen LogP contribution in [0.4, 0.5) is 5.69 Å². The molecule has 0 fully saturated rings. The van der Waals surface area contributed by atoms with Gasteiger partial charge in [0.15, 0.2) is 0 Å². The molecule has 0 unspecified atom stereocenters. The highest BCUT2D eigenvalue weighted by Gasteiger charge is 2.16. The van der Waals surface area contributed by atoms with Crippen molar-refractivity contribution in [2.24, 2.45) is 5.73 Å². The molecule has 0 saturated heterocycles. The molecule has 0 radical (unpaired) electrons. The molecule has 3 N–H and O–H groups in total. The zero-order chi connectivity index (χ0) is 12.8. The highest BCUT2D eigenvalue weighted by molar-refractivity contribution is 5.97. The normalized spacial score (nSPS) is 11.4. The highest BCUT2D eigenvalue weighted by atomic mass is 16.5. The Bertz CT molecular complexity index is 452. The van der Waals surface area contributed by atoms with Crippen LogP contribution in [0.15, 0.2) is 18.2 Å². The average molecular weight is 233 g/mol. The van der Waals surface area contributed by atoms with Gasteiger partial charge in [0.1, 0.15) is 17.5 Å². The Labute approximate surface area is 100 Å². The number of nitrogens with two attached hydrogens (primary N) is 1. The van der Waals surface area contributed by atoms with Crippen molar-refractivity contribution in [3.8, 4) is 11.8 Å². The van der Waals surface area contributed by atoms with Crippen molar-refractivity contribution in [2.45, 2.75) is 19.4 Å². The monoisotopic (exact) mass is 233 g/mol. The third kappa shape index (κ3) is 2.95. The number of benzene rings is 1. The molecule has 0 bridgehead atoms. The third-order valence-corrected chi connectivity index (χ3v) is 2.39. The molecular weight excluding hydrogens is 218 g/mol. The number of amides is 1. The molecule has 90 valence electrons. The summed E-state index contributed by atoms with van der Waals surface area (Å²) in [7, 11) is 1.48. The molecule has 1 atom stereocenters. The van der Waals surface area contributed by atoms with Crippen LogP contribution in [0.5, 0.6) is 5.75 Å². The van der Waals surface area contributed by atoms with E-state index in [2.05, 4.69) is 5.32 Å². The van der Waals surface area contributed by atoms with Gasteiger partial charge in [-0.1, -0.05) is 13.0 Å². The van der Waals surface area contributed by atoms with Gasteiger partial charge in [-0.3, -0.25) is 4.79 Å². The number of hydrogen-bond acceptors (Lipinski definition) is 4. The molecule has 0 saturated carbocycles. The number of anilines is 1. The molecule has 0 aliphatic heterocycles. The summed E-state index contributed by atoms with van der Waals surface area (Å²) in [6, 6.07) is 6.37. The molecule has 5 heteroatoms. The van der Waals surface area contributed by atoms with E-state index in [1.54, 1.807) is 18.2 Å². The molecule has 1 amide bonds. The van der Waals surface area contributed by atoms with E-state index in [1.165, 1.54) is 7.11 Å². The van der Waals surface area contributed by atoms with Crippen molar-refractivity contribution < 1.29 is 9.53 Å². The quantitative estimate of drug-likeness (QED) is 0.819. The van der Waals surface area contributed by atoms with Gasteiger partial charge in [-0.2, -0.15) is 5.26 Å². The molecule has 0 heterocycles. The maximum Gasteiger partial charge on any atom is 0.241 e. The summed E-state index contributed by atoms with van der Waals surface area (Å²) in [6.07, 6.45) is 0.531. The minimum Gasteiger partial charge on any atom is -0.495 e. The largest absolute Gasteiger partial charge is 0.495 e. The number of ether oxygens (including phenoxy) is 1. The summed E-state index contributed by atoms with van der Waals surface area (Å²) in [5, 5.41) is 11.6. The van der Waals surface area contributed by atoms with Gasteiger partial charge in [0.25, 0.3) is 0 Å². The number of nitrogens with one attached hydrogen (secondary N) is 1. The third-order valence-electron chi connectivity index (χ3n) is 2.39. The molecule has 5 nitrogen and oxygen atoms in total. The van der Waals surface area contributed by atoms with Gasteiger partial charge >= 0.3 is 0 Å². The van der Waals surface area contributed by atoms with Crippen molar-refractivity contribution in [2.75, 3.05) is 12.4 Å². The Hall–Kier alpha value is -2.06. The maximum absolute atomic E-state index is 11.7. The van der Waals surface area contributed by atoms with Crippen LogP contribution in [-0.2, 0) is 4.79 Å². The Morgan fingerprint density at radius 2 is 2.35 bits per heavy atom. The van der Waals surface area contributed by atoms with Crippen molar-refractivity contribution in [1.29, 1.82) is 5.26 Å². The van der Waals surface area contributed by atoms with Crippen molar-refractivity contribution in [1.82, 2.24) is 0 Å². The summed E-state index contributed by atoms with van der Waals surface area (Å²) in [5.41, 5.74) is 6.33. The van der Waals surface area contributed by atoms with Crippen LogP contribution >= 0.6 is 0 Å². The van der Waals surface area contributed by atoms with E-state index >= 15 is 0 Å². The Morgan fingerprint density at radius 3 is 2.88 bits per heavy atom. The maximum atomic E-state index is 11.7. The van der Waals surface area contributed by atoms with Crippen molar-refractivity contribution in [3.05, 3.63) is 23.8 Å². The van der Waals surface area contributed by atoms with Crippen LogP contribution in [-0.4, -0.2) is 19.1 Å². The van der Waals surface area contributed by atoms with Gasteiger partial charge in [-0.05, 0) is 18.6 Å². The van der Waals surface area contributed by atoms with Gasteiger partial charge in [-0.25, -0.2) is 0 Å². The van der Waals surface area contributed by atoms with Gasteiger partial charge in [0, 0.05) is 0 Å². The predicted molar refractivity (Wildman–Crippen MR) is 64.6 cm³/mol. The number of carbonyl (C=O) groups is 1. The van der Waals surface area contributed by atoms with E-state index in [1.807, 2.05) is 13.0 Å². The lowest BCUT2D eigenvalue weighted by molar-refractivity contribution is -0.117.